The van der Waals surface area contributed by atoms with Gasteiger partial charge in [-0.3, -0.25) is 4.79 Å². The second-order valence-corrected chi connectivity index (χ2v) is 7.41. The van der Waals surface area contributed by atoms with Gasteiger partial charge in [-0.25, -0.2) is 14.5 Å². The number of hydrogen-bond donors (Lipinski definition) is 0. The van der Waals surface area contributed by atoms with Gasteiger partial charge in [-0.15, -0.1) is 11.3 Å². The van der Waals surface area contributed by atoms with Crippen molar-refractivity contribution in [2.45, 2.75) is 34.1 Å². The van der Waals surface area contributed by atoms with Crippen molar-refractivity contribution in [1.29, 1.82) is 0 Å². The molecule has 0 unspecified atom stereocenters. The average molecular weight is 391 g/mol. The SMILES string of the molecule is CCOC(=O)N1CCN(C(=O)Cc2c(C)nn(-c3nc(C)cs3)c2C)CC1. The van der Waals surface area contributed by atoms with Crippen molar-refractivity contribution in [3.63, 3.8) is 0 Å². The van der Waals surface area contributed by atoms with Crippen molar-refractivity contribution in [2.24, 2.45) is 0 Å². The second kappa shape index (κ2) is 8.08. The van der Waals surface area contributed by atoms with E-state index in [2.05, 4.69) is 10.1 Å². The van der Waals surface area contributed by atoms with Gasteiger partial charge in [0, 0.05) is 42.8 Å². The molecule has 2 aromatic rings. The van der Waals surface area contributed by atoms with Gasteiger partial charge < -0.3 is 14.5 Å². The molecule has 3 rings (SSSR count). The van der Waals surface area contributed by atoms with Crippen molar-refractivity contribution in [3.05, 3.63) is 28.0 Å². The minimum atomic E-state index is -0.309. The second-order valence-electron chi connectivity index (χ2n) is 6.58. The summed E-state index contributed by atoms with van der Waals surface area (Å²) >= 11 is 1.54. The van der Waals surface area contributed by atoms with E-state index >= 15 is 0 Å². The molecular weight excluding hydrogens is 366 g/mol. The predicted octanol–water partition coefficient (Wildman–Crippen LogP) is 2.10. The lowest BCUT2D eigenvalue weighted by atomic mass is 10.1. The van der Waals surface area contributed by atoms with Crippen LogP contribution in [0.25, 0.3) is 5.13 Å². The maximum atomic E-state index is 12.8. The van der Waals surface area contributed by atoms with Crippen LogP contribution in [-0.4, -0.2) is 69.4 Å². The topological polar surface area (TPSA) is 80.6 Å². The molecule has 1 aliphatic heterocycles. The summed E-state index contributed by atoms with van der Waals surface area (Å²) in [6, 6.07) is 0. The quantitative estimate of drug-likeness (QED) is 0.797. The Bertz CT molecular complexity index is 836. The molecule has 0 bridgehead atoms. The molecule has 0 aliphatic carbocycles. The highest BCUT2D eigenvalue weighted by atomic mass is 32.1. The van der Waals surface area contributed by atoms with Crippen LogP contribution in [0.5, 0.6) is 0 Å². The molecule has 1 saturated heterocycles. The smallest absolute Gasteiger partial charge is 0.409 e. The van der Waals surface area contributed by atoms with Crippen molar-refractivity contribution in [3.8, 4) is 5.13 Å². The standard InChI is InChI=1S/C18H25N5O3S/c1-5-26-18(25)22-8-6-21(7-9-22)16(24)10-15-13(3)20-23(14(15)4)17-19-12(2)11-27-17/h11H,5-10H2,1-4H3. The van der Waals surface area contributed by atoms with Gasteiger partial charge in [0.2, 0.25) is 11.0 Å². The van der Waals surface area contributed by atoms with Crippen LogP contribution >= 0.6 is 11.3 Å². The molecule has 1 fully saturated rings. The Balaban J connectivity index is 1.65. The fourth-order valence-corrected chi connectivity index (χ4v) is 3.98. The fourth-order valence-electron chi connectivity index (χ4n) is 3.17. The number of carbonyl (C=O) groups is 2. The van der Waals surface area contributed by atoms with Crippen LogP contribution in [0.15, 0.2) is 5.38 Å². The zero-order valence-corrected chi connectivity index (χ0v) is 17.0. The Labute approximate surface area is 162 Å². The summed E-state index contributed by atoms with van der Waals surface area (Å²) in [5.74, 6) is 0.0552. The summed E-state index contributed by atoms with van der Waals surface area (Å²) in [4.78, 5) is 32.5. The first-order valence-corrected chi connectivity index (χ1v) is 9.95. The Hall–Kier alpha value is -2.42. The van der Waals surface area contributed by atoms with E-state index in [0.717, 1.165) is 27.8 Å². The molecule has 8 nitrogen and oxygen atoms in total. The van der Waals surface area contributed by atoms with Gasteiger partial charge in [0.15, 0.2) is 0 Å². The zero-order chi connectivity index (χ0) is 19.6. The van der Waals surface area contributed by atoms with Crippen molar-refractivity contribution in [2.75, 3.05) is 32.8 Å². The van der Waals surface area contributed by atoms with Crippen LogP contribution < -0.4 is 0 Å². The first-order chi connectivity index (χ1) is 12.9. The molecule has 0 atom stereocenters. The molecule has 1 aliphatic rings. The van der Waals surface area contributed by atoms with E-state index in [1.807, 2.05) is 30.8 Å². The average Bonchev–Trinajstić information content (AvgIpc) is 3.20. The van der Waals surface area contributed by atoms with E-state index in [1.165, 1.54) is 11.3 Å². The minimum Gasteiger partial charge on any atom is -0.450 e. The summed E-state index contributed by atoms with van der Waals surface area (Å²) in [5.41, 5.74) is 3.69. The highest BCUT2D eigenvalue weighted by Gasteiger charge is 2.26. The number of rotatable bonds is 4. The number of ether oxygens (including phenoxy) is 1. The molecule has 0 aromatic carbocycles. The Morgan fingerprint density at radius 1 is 1.15 bits per heavy atom. The van der Waals surface area contributed by atoms with E-state index in [-0.39, 0.29) is 12.0 Å². The number of aromatic nitrogens is 3. The zero-order valence-electron chi connectivity index (χ0n) is 16.2. The van der Waals surface area contributed by atoms with E-state index in [9.17, 15) is 9.59 Å². The lowest BCUT2D eigenvalue weighted by molar-refractivity contribution is -0.132. The van der Waals surface area contributed by atoms with Crippen molar-refractivity contribution < 1.29 is 14.3 Å². The monoisotopic (exact) mass is 391 g/mol. The van der Waals surface area contributed by atoms with Crippen molar-refractivity contribution >= 4 is 23.3 Å². The summed E-state index contributed by atoms with van der Waals surface area (Å²) in [7, 11) is 0. The number of piperazine rings is 1. The van der Waals surface area contributed by atoms with Gasteiger partial charge >= 0.3 is 6.09 Å². The lowest BCUT2D eigenvalue weighted by Crippen LogP contribution is -2.51. The van der Waals surface area contributed by atoms with Crippen LogP contribution in [0.2, 0.25) is 0 Å². The molecule has 2 amide bonds. The molecule has 2 aromatic heterocycles. The number of aryl methyl sites for hydroxylation is 2. The lowest BCUT2D eigenvalue weighted by Gasteiger charge is -2.34. The molecule has 0 saturated carbocycles. The van der Waals surface area contributed by atoms with Crippen LogP contribution in [0.1, 0.15) is 29.6 Å². The van der Waals surface area contributed by atoms with Gasteiger partial charge in [-0.05, 0) is 27.7 Å². The van der Waals surface area contributed by atoms with Crippen LogP contribution in [-0.2, 0) is 16.0 Å². The molecule has 146 valence electrons. The minimum absolute atomic E-state index is 0.0552. The molecule has 0 spiro atoms. The molecule has 0 N–H and O–H groups in total. The van der Waals surface area contributed by atoms with Gasteiger partial charge in [0.25, 0.3) is 0 Å². The highest BCUT2D eigenvalue weighted by Crippen LogP contribution is 2.21. The first kappa shape index (κ1) is 19.3. The van der Waals surface area contributed by atoms with Crippen LogP contribution in [0, 0.1) is 20.8 Å². The maximum absolute atomic E-state index is 12.8. The summed E-state index contributed by atoms with van der Waals surface area (Å²) < 4.78 is 6.83. The van der Waals surface area contributed by atoms with E-state index in [0.29, 0.717) is 39.2 Å². The number of nitrogens with zero attached hydrogens (tertiary/aromatic N) is 5. The summed E-state index contributed by atoms with van der Waals surface area (Å²) in [6.07, 6.45) is -0.00200. The third-order valence-electron chi connectivity index (χ3n) is 4.72. The van der Waals surface area contributed by atoms with Gasteiger partial charge in [-0.2, -0.15) is 5.10 Å². The Kier molecular flexibility index (Phi) is 5.79. The number of amides is 2. The third-order valence-corrected chi connectivity index (χ3v) is 5.65. The number of thiazole rings is 1. The van der Waals surface area contributed by atoms with Crippen LogP contribution in [0.3, 0.4) is 0 Å². The number of hydrogen-bond acceptors (Lipinski definition) is 6. The first-order valence-electron chi connectivity index (χ1n) is 9.07. The molecule has 9 heteroatoms. The highest BCUT2D eigenvalue weighted by molar-refractivity contribution is 7.12. The van der Waals surface area contributed by atoms with Crippen molar-refractivity contribution in [1.82, 2.24) is 24.6 Å². The fraction of sp³-hybridized carbons (Fsp3) is 0.556. The van der Waals surface area contributed by atoms with E-state index < -0.39 is 0 Å². The Morgan fingerprint density at radius 3 is 2.41 bits per heavy atom. The van der Waals surface area contributed by atoms with Gasteiger partial charge in [0.05, 0.1) is 24.4 Å². The molecule has 3 heterocycles. The van der Waals surface area contributed by atoms with Gasteiger partial charge in [-0.1, -0.05) is 0 Å². The van der Waals surface area contributed by atoms with Gasteiger partial charge in [0.1, 0.15) is 0 Å². The third kappa shape index (κ3) is 4.13. The summed E-state index contributed by atoms with van der Waals surface area (Å²) in [6.45, 7) is 10.0. The molecular formula is C18H25N5O3S. The molecule has 0 radical (unpaired) electrons. The van der Waals surface area contributed by atoms with Crippen LogP contribution in [0.4, 0.5) is 4.79 Å². The maximum Gasteiger partial charge on any atom is 0.409 e. The largest absolute Gasteiger partial charge is 0.450 e. The predicted molar refractivity (Wildman–Crippen MR) is 102 cm³/mol. The summed E-state index contributed by atoms with van der Waals surface area (Å²) in [5, 5.41) is 7.37. The normalized spacial score (nSPS) is 14.5. The Morgan fingerprint density at radius 2 is 1.81 bits per heavy atom. The molecule has 27 heavy (non-hydrogen) atoms. The van der Waals surface area contributed by atoms with E-state index in [1.54, 1.807) is 16.7 Å². The number of carbonyl (C=O) groups excluding carboxylic acids is 2. The van der Waals surface area contributed by atoms with E-state index in [4.69, 9.17) is 4.74 Å².